The van der Waals surface area contributed by atoms with Gasteiger partial charge in [0.25, 0.3) is 0 Å². The van der Waals surface area contributed by atoms with Crippen molar-refractivity contribution in [3.63, 3.8) is 0 Å². The predicted octanol–water partition coefficient (Wildman–Crippen LogP) is 4.41. The first-order valence-electron chi connectivity index (χ1n) is 8.76. The van der Waals surface area contributed by atoms with E-state index in [-0.39, 0.29) is 29.2 Å². The molecule has 0 radical (unpaired) electrons. The van der Waals surface area contributed by atoms with E-state index in [0.717, 1.165) is 0 Å². The molecule has 1 N–H and O–H groups in total. The van der Waals surface area contributed by atoms with Crippen molar-refractivity contribution >= 4 is 28.9 Å². The number of nitrogens with zero attached hydrogens (tertiary/aromatic N) is 1. The molecule has 27 heavy (non-hydrogen) atoms. The summed E-state index contributed by atoms with van der Waals surface area (Å²) in [6.07, 6.45) is -0.205. The smallest absolute Gasteiger partial charge is 0.228 e. The molecule has 0 spiro atoms. The van der Waals surface area contributed by atoms with Gasteiger partial charge in [0.1, 0.15) is 11.6 Å². The van der Waals surface area contributed by atoms with Crippen molar-refractivity contribution in [2.75, 3.05) is 23.3 Å². The molecule has 1 saturated heterocycles. The molecule has 2 aromatic rings. The molecule has 0 saturated carbocycles. The molecule has 0 bridgehead atoms. The van der Waals surface area contributed by atoms with E-state index in [1.807, 2.05) is 18.7 Å². The van der Waals surface area contributed by atoms with Crippen molar-refractivity contribution in [3.8, 4) is 0 Å². The van der Waals surface area contributed by atoms with Crippen LogP contribution in [0.1, 0.15) is 19.4 Å². The Morgan fingerprint density at radius 2 is 1.89 bits per heavy atom. The van der Waals surface area contributed by atoms with Gasteiger partial charge in [0.2, 0.25) is 5.91 Å². The lowest BCUT2D eigenvalue weighted by atomic mass is 10.1. The number of anilines is 2. The summed E-state index contributed by atoms with van der Waals surface area (Å²) < 4.78 is 34.0. The zero-order valence-corrected chi connectivity index (χ0v) is 15.9. The van der Waals surface area contributed by atoms with E-state index in [1.54, 1.807) is 12.1 Å². The van der Waals surface area contributed by atoms with Gasteiger partial charge in [0.05, 0.1) is 24.3 Å². The van der Waals surface area contributed by atoms with Gasteiger partial charge in [-0.1, -0.05) is 17.7 Å². The van der Waals surface area contributed by atoms with Crippen molar-refractivity contribution in [2.24, 2.45) is 0 Å². The number of nitrogens with one attached hydrogen (secondary N) is 1. The normalized spacial score (nSPS) is 19.8. The second kappa shape index (κ2) is 8.23. The Hall–Kier alpha value is -2.18. The van der Waals surface area contributed by atoms with Gasteiger partial charge in [0, 0.05) is 29.4 Å². The van der Waals surface area contributed by atoms with E-state index in [0.29, 0.717) is 24.5 Å². The number of rotatable bonds is 4. The Bertz CT molecular complexity index is 816. The van der Waals surface area contributed by atoms with E-state index in [4.69, 9.17) is 16.3 Å². The Balaban J connectivity index is 1.69. The number of hydrogen-bond donors (Lipinski definition) is 1. The summed E-state index contributed by atoms with van der Waals surface area (Å²) in [7, 11) is 0. The summed E-state index contributed by atoms with van der Waals surface area (Å²) in [5.74, 6) is -1.45. The highest BCUT2D eigenvalue weighted by Gasteiger charge is 2.24. The maximum atomic E-state index is 14.6. The van der Waals surface area contributed by atoms with Crippen LogP contribution >= 0.6 is 11.6 Å². The number of ether oxygens (including phenoxy) is 1. The minimum Gasteiger partial charge on any atom is -0.372 e. The molecule has 2 aromatic carbocycles. The minimum atomic E-state index is -0.547. The Morgan fingerprint density at radius 3 is 2.52 bits per heavy atom. The van der Waals surface area contributed by atoms with Gasteiger partial charge in [-0.15, -0.1) is 0 Å². The molecule has 1 aliphatic heterocycles. The number of benzene rings is 2. The van der Waals surface area contributed by atoms with Gasteiger partial charge in [-0.2, -0.15) is 0 Å². The van der Waals surface area contributed by atoms with E-state index in [2.05, 4.69) is 5.32 Å². The largest absolute Gasteiger partial charge is 0.372 e. The second-order valence-electron chi connectivity index (χ2n) is 6.75. The summed E-state index contributed by atoms with van der Waals surface area (Å²) in [5, 5.41) is 2.77. The Labute approximate surface area is 162 Å². The van der Waals surface area contributed by atoms with Crippen molar-refractivity contribution < 1.29 is 18.3 Å². The van der Waals surface area contributed by atoms with Crippen LogP contribution in [-0.2, 0) is 16.0 Å². The average Bonchev–Trinajstić information content (AvgIpc) is 2.57. The molecule has 2 unspecified atom stereocenters. The average molecular weight is 395 g/mol. The van der Waals surface area contributed by atoms with Gasteiger partial charge in [0.15, 0.2) is 0 Å². The topological polar surface area (TPSA) is 41.6 Å². The third-order valence-corrected chi connectivity index (χ3v) is 4.74. The SMILES string of the molecule is CC1CN(c2ccc(NC(=O)Cc3c(F)cccc3Cl)cc2F)CC(C)O1. The molecule has 1 amide bonds. The highest BCUT2D eigenvalue weighted by molar-refractivity contribution is 6.31. The van der Waals surface area contributed by atoms with E-state index in [1.165, 1.54) is 24.3 Å². The van der Waals surface area contributed by atoms with Gasteiger partial charge >= 0.3 is 0 Å². The lowest BCUT2D eigenvalue weighted by Gasteiger charge is -2.37. The number of hydrogen-bond acceptors (Lipinski definition) is 3. The fourth-order valence-corrected chi connectivity index (χ4v) is 3.51. The van der Waals surface area contributed by atoms with Gasteiger partial charge in [-0.3, -0.25) is 4.79 Å². The van der Waals surface area contributed by atoms with E-state index in [9.17, 15) is 13.6 Å². The third-order valence-electron chi connectivity index (χ3n) is 4.39. The van der Waals surface area contributed by atoms with Crippen LogP contribution in [0.15, 0.2) is 36.4 Å². The number of carbonyl (C=O) groups excluding carboxylic acids is 1. The molecule has 1 heterocycles. The molecule has 0 aliphatic carbocycles. The summed E-state index contributed by atoms with van der Waals surface area (Å²) in [6, 6.07) is 8.76. The van der Waals surface area contributed by atoms with E-state index < -0.39 is 17.5 Å². The first-order valence-corrected chi connectivity index (χ1v) is 9.14. The van der Waals surface area contributed by atoms with Crippen LogP contribution in [-0.4, -0.2) is 31.2 Å². The maximum Gasteiger partial charge on any atom is 0.228 e. The summed E-state index contributed by atoms with van der Waals surface area (Å²) >= 11 is 5.94. The quantitative estimate of drug-likeness (QED) is 0.835. The van der Waals surface area contributed by atoms with Crippen LogP contribution in [0.2, 0.25) is 5.02 Å². The van der Waals surface area contributed by atoms with Crippen LogP contribution in [0.5, 0.6) is 0 Å². The first kappa shape index (κ1) is 19.6. The molecular weight excluding hydrogens is 374 g/mol. The highest BCUT2D eigenvalue weighted by atomic mass is 35.5. The third kappa shape index (κ3) is 4.76. The lowest BCUT2D eigenvalue weighted by molar-refractivity contribution is -0.115. The minimum absolute atomic E-state index is 0.0121. The molecule has 0 aromatic heterocycles. The molecule has 3 rings (SSSR count). The summed E-state index contributed by atoms with van der Waals surface area (Å²) in [4.78, 5) is 14.1. The van der Waals surface area contributed by atoms with Crippen LogP contribution < -0.4 is 10.2 Å². The molecule has 1 fully saturated rings. The first-order chi connectivity index (χ1) is 12.8. The van der Waals surface area contributed by atoms with Crippen LogP contribution in [0.4, 0.5) is 20.2 Å². The molecular formula is C20H21ClF2N2O2. The zero-order chi connectivity index (χ0) is 19.6. The predicted molar refractivity (Wildman–Crippen MR) is 102 cm³/mol. The van der Waals surface area contributed by atoms with Gasteiger partial charge in [-0.05, 0) is 44.2 Å². The van der Waals surface area contributed by atoms with Crippen molar-refractivity contribution in [2.45, 2.75) is 32.5 Å². The van der Waals surface area contributed by atoms with Gasteiger partial charge < -0.3 is 15.0 Å². The summed E-state index contributed by atoms with van der Waals surface area (Å²) in [6.45, 7) is 5.09. The van der Waals surface area contributed by atoms with Crippen molar-refractivity contribution in [1.29, 1.82) is 0 Å². The lowest BCUT2D eigenvalue weighted by Crippen LogP contribution is -2.45. The zero-order valence-electron chi connectivity index (χ0n) is 15.1. The van der Waals surface area contributed by atoms with Crippen LogP contribution in [0.25, 0.3) is 0 Å². The second-order valence-corrected chi connectivity index (χ2v) is 7.16. The Kier molecular flexibility index (Phi) is 5.97. The number of halogens is 3. The fourth-order valence-electron chi connectivity index (χ4n) is 3.28. The molecule has 7 heteroatoms. The standard InChI is InChI=1S/C20H21ClF2N2O2/c1-12-10-25(11-13(2)27-12)19-7-6-14(8-18(19)23)24-20(26)9-15-16(21)4-3-5-17(15)22/h3-8,12-13H,9-11H2,1-2H3,(H,24,26). The van der Waals surface area contributed by atoms with Crippen LogP contribution in [0.3, 0.4) is 0 Å². The number of morpholine rings is 1. The summed E-state index contributed by atoms with van der Waals surface area (Å²) in [5.41, 5.74) is 0.889. The van der Waals surface area contributed by atoms with Crippen molar-refractivity contribution in [1.82, 2.24) is 0 Å². The number of amides is 1. The molecule has 1 aliphatic rings. The molecule has 4 nitrogen and oxygen atoms in total. The molecule has 144 valence electrons. The van der Waals surface area contributed by atoms with Crippen molar-refractivity contribution in [3.05, 3.63) is 58.6 Å². The van der Waals surface area contributed by atoms with E-state index >= 15 is 0 Å². The fraction of sp³-hybridized carbons (Fsp3) is 0.350. The maximum absolute atomic E-state index is 14.6. The molecule has 2 atom stereocenters. The highest BCUT2D eigenvalue weighted by Crippen LogP contribution is 2.26. The Morgan fingerprint density at radius 1 is 1.19 bits per heavy atom. The monoisotopic (exact) mass is 394 g/mol. The number of carbonyl (C=O) groups is 1. The van der Waals surface area contributed by atoms with Crippen LogP contribution in [0, 0.1) is 11.6 Å². The van der Waals surface area contributed by atoms with Gasteiger partial charge in [-0.25, -0.2) is 8.78 Å².